The number of ether oxygens (including phenoxy) is 1. The zero-order valence-corrected chi connectivity index (χ0v) is 13.1. The van der Waals surface area contributed by atoms with Gasteiger partial charge in [0.1, 0.15) is 5.75 Å². The van der Waals surface area contributed by atoms with Gasteiger partial charge in [0.05, 0.1) is 0 Å². The third-order valence-electron chi connectivity index (χ3n) is 3.76. The van der Waals surface area contributed by atoms with Crippen LogP contribution in [0.3, 0.4) is 0 Å². The first-order chi connectivity index (χ1) is 11.2. The van der Waals surface area contributed by atoms with Crippen LogP contribution in [0.25, 0.3) is 10.9 Å². The lowest BCUT2D eigenvalue weighted by molar-refractivity contribution is -0.127. The molecule has 1 unspecified atom stereocenters. The van der Waals surface area contributed by atoms with Crippen molar-refractivity contribution < 1.29 is 9.53 Å². The van der Waals surface area contributed by atoms with Crippen molar-refractivity contribution in [3.8, 4) is 5.75 Å². The standard InChI is InChI=1S/C19H20N2O2/c1-14(19(22)21-11-9-15-5-3-2-4-6-15)23-17-8-7-16-10-12-20-18(16)13-17/h2-8,10,12-14,20H,9,11H2,1H3,(H,21,22). The maximum Gasteiger partial charge on any atom is 0.260 e. The Balaban J connectivity index is 1.50. The zero-order chi connectivity index (χ0) is 16.1. The van der Waals surface area contributed by atoms with Gasteiger partial charge in [-0.3, -0.25) is 4.79 Å². The fourth-order valence-electron chi connectivity index (χ4n) is 2.48. The van der Waals surface area contributed by atoms with Gasteiger partial charge in [0, 0.05) is 24.3 Å². The molecule has 0 aliphatic rings. The van der Waals surface area contributed by atoms with E-state index in [9.17, 15) is 4.79 Å². The van der Waals surface area contributed by atoms with E-state index in [1.165, 1.54) is 5.56 Å². The number of H-pyrrole nitrogens is 1. The summed E-state index contributed by atoms with van der Waals surface area (Å²) in [6, 6.07) is 17.8. The van der Waals surface area contributed by atoms with Gasteiger partial charge in [-0.05, 0) is 42.5 Å². The summed E-state index contributed by atoms with van der Waals surface area (Å²) in [6.07, 6.45) is 2.17. The molecule has 118 valence electrons. The summed E-state index contributed by atoms with van der Waals surface area (Å²) in [5, 5.41) is 4.03. The average Bonchev–Trinajstić information content (AvgIpc) is 3.03. The second kappa shape index (κ2) is 7.01. The molecule has 0 spiro atoms. The van der Waals surface area contributed by atoms with Crippen LogP contribution in [-0.2, 0) is 11.2 Å². The molecule has 0 radical (unpaired) electrons. The Morgan fingerprint density at radius 1 is 1.17 bits per heavy atom. The summed E-state index contributed by atoms with van der Waals surface area (Å²) >= 11 is 0. The van der Waals surface area contributed by atoms with Gasteiger partial charge < -0.3 is 15.0 Å². The normalized spacial score (nSPS) is 12.0. The lowest BCUT2D eigenvalue weighted by atomic mass is 10.1. The van der Waals surface area contributed by atoms with Crippen molar-refractivity contribution in [2.45, 2.75) is 19.4 Å². The van der Waals surface area contributed by atoms with E-state index in [0.717, 1.165) is 17.3 Å². The molecule has 0 aliphatic heterocycles. The van der Waals surface area contributed by atoms with E-state index in [0.29, 0.717) is 12.3 Å². The number of amides is 1. The summed E-state index contributed by atoms with van der Waals surface area (Å²) < 4.78 is 5.72. The first kappa shape index (κ1) is 15.2. The van der Waals surface area contributed by atoms with Crippen LogP contribution >= 0.6 is 0 Å². The predicted octanol–water partition coefficient (Wildman–Crippen LogP) is 3.29. The minimum atomic E-state index is -0.529. The van der Waals surface area contributed by atoms with Gasteiger partial charge in [0.25, 0.3) is 5.91 Å². The number of aromatic amines is 1. The highest BCUT2D eigenvalue weighted by Crippen LogP contribution is 2.20. The fraction of sp³-hybridized carbons (Fsp3) is 0.211. The predicted molar refractivity (Wildman–Crippen MR) is 91.5 cm³/mol. The number of fused-ring (bicyclic) bond motifs is 1. The molecule has 0 saturated heterocycles. The Hall–Kier alpha value is -2.75. The van der Waals surface area contributed by atoms with Gasteiger partial charge in [-0.15, -0.1) is 0 Å². The maximum atomic E-state index is 12.1. The number of hydrogen-bond donors (Lipinski definition) is 2. The van der Waals surface area contributed by atoms with E-state index >= 15 is 0 Å². The molecule has 2 aromatic carbocycles. The quantitative estimate of drug-likeness (QED) is 0.734. The van der Waals surface area contributed by atoms with Crippen LogP contribution in [0.2, 0.25) is 0 Å². The van der Waals surface area contributed by atoms with E-state index in [2.05, 4.69) is 22.4 Å². The van der Waals surface area contributed by atoms with Crippen molar-refractivity contribution >= 4 is 16.8 Å². The molecule has 1 atom stereocenters. The fourth-order valence-corrected chi connectivity index (χ4v) is 2.48. The third-order valence-corrected chi connectivity index (χ3v) is 3.76. The second-order valence-electron chi connectivity index (χ2n) is 5.51. The van der Waals surface area contributed by atoms with Crippen LogP contribution < -0.4 is 10.1 Å². The molecule has 0 fully saturated rings. The van der Waals surface area contributed by atoms with Crippen LogP contribution in [0.5, 0.6) is 5.75 Å². The number of rotatable bonds is 6. The monoisotopic (exact) mass is 308 g/mol. The molecule has 3 aromatic rings. The smallest absolute Gasteiger partial charge is 0.260 e. The minimum Gasteiger partial charge on any atom is -0.481 e. The van der Waals surface area contributed by atoms with Crippen molar-refractivity contribution in [1.29, 1.82) is 0 Å². The molecule has 3 rings (SSSR count). The Morgan fingerprint density at radius 2 is 2.00 bits per heavy atom. The minimum absolute atomic E-state index is 0.104. The van der Waals surface area contributed by atoms with Crippen molar-refractivity contribution in [2.24, 2.45) is 0 Å². The first-order valence-electron chi connectivity index (χ1n) is 7.78. The number of carbonyl (C=O) groups excluding carboxylic acids is 1. The number of benzene rings is 2. The second-order valence-corrected chi connectivity index (χ2v) is 5.51. The lowest BCUT2D eigenvalue weighted by Crippen LogP contribution is -2.37. The molecule has 1 heterocycles. The molecule has 23 heavy (non-hydrogen) atoms. The van der Waals surface area contributed by atoms with Crippen LogP contribution in [0.15, 0.2) is 60.8 Å². The van der Waals surface area contributed by atoms with Gasteiger partial charge >= 0.3 is 0 Å². The molecule has 0 bridgehead atoms. The highest BCUT2D eigenvalue weighted by molar-refractivity contribution is 5.82. The van der Waals surface area contributed by atoms with Crippen LogP contribution in [0, 0.1) is 0 Å². The summed E-state index contributed by atoms with van der Waals surface area (Å²) in [7, 11) is 0. The Morgan fingerprint density at radius 3 is 2.83 bits per heavy atom. The van der Waals surface area contributed by atoms with Crippen molar-refractivity contribution in [2.75, 3.05) is 6.54 Å². The summed E-state index contributed by atoms with van der Waals surface area (Å²) in [6.45, 7) is 2.36. The number of nitrogens with one attached hydrogen (secondary N) is 2. The highest BCUT2D eigenvalue weighted by atomic mass is 16.5. The molecular weight excluding hydrogens is 288 g/mol. The molecule has 1 amide bonds. The molecule has 4 nitrogen and oxygen atoms in total. The first-order valence-corrected chi connectivity index (χ1v) is 7.78. The van der Waals surface area contributed by atoms with E-state index in [-0.39, 0.29) is 5.91 Å². The van der Waals surface area contributed by atoms with Crippen LogP contribution in [0.1, 0.15) is 12.5 Å². The van der Waals surface area contributed by atoms with Gasteiger partial charge in [-0.1, -0.05) is 30.3 Å². The lowest BCUT2D eigenvalue weighted by Gasteiger charge is -2.15. The maximum absolute atomic E-state index is 12.1. The Labute approximate surface area is 135 Å². The Kier molecular flexibility index (Phi) is 4.62. The van der Waals surface area contributed by atoms with Crippen LogP contribution in [0.4, 0.5) is 0 Å². The molecular formula is C19H20N2O2. The van der Waals surface area contributed by atoms with E-state index in [4.69, 9.17) is 4.74 Å². The average molecular weight is 308 g/mol. The topological polar surface area (TPSA) is 54.1 Å². The van der Waals surface area contributed by atoms with E-state index in [1.807, 2.05) is 48.7 Å². The number of carbonyl (C=O) groups is 1. The van der Waals surface area contributed by atoms with Gasteiger partial charge in [-0.25, -0.2) is 0 Å². The van der Waals surface area contributed by atoms with Gasteiger partial charge in [0.2, 0.25) is 0 Å². The van der Waals surface area contributed by atoms with Crippen molar-refractivity contribution in [3.05, 3.63) is 66.4 Å². The van der Waals surface area contributed by atoms with Crippen LogP contribution in [-0.4, -0.2) is 23.5 Å². The summed E-state index contributed by atoms with van der Waals surface area (Å²) in [5.74, 6) is 0.582. The van der Waals surface area contributed by atoms with Crippen molar-refractivity contribution in [1.82, 2.24) is 10.3 Å². The molecule has 0 saturated carbocycles. The summed E-state index contributed by atoms with van der Waals surface area (Å²) in [4.78, 5) is 15.2. The Bertz CT molecular complexity index is 780. The third kappa shape index (κ3) is 3.92. The molecule has 4 heteroatoms. The van der Waals surface area contributed by atoms with Crippen molar-refractivity contribution in [3.63, 3.8) is 0 Å². The molecule has 1 aromatic heterocycles. The summed E-state index contributed by atoms with van der Waals surface area (Å²) in [5.41, 5.74) is 2.21. The zero-order valence-electron chi connectivity index (χ0n) is 13.1. The van der Waals surface area contributed by atoms with E-state index in [1.54, 1.807) is 6.92 Å². The van der Waals surface area contributed by atoms with Gasteiger partial charge in [-0.2, -0.15) is 0 Å². The van der Waals surface area contributed by atoms with E-state index < -0.39 is 6.10 Å². The highest BCUT2D eigenvalue weighted by Gasteiger charge is 2.14. The SMILES string of the molecule is CC(Oc1ccc2cc[nH]c2c1)C(=O)NCCc1ccccc1. The van der Waals surface area contributed by atoms with Gasteiger partial charge in [0.15, 0.2) is 6.10 Å². The largest absolute Gasteiger partial charge is 0.481 e. The number of aromatic nitrogens is 1. The molecule has 2 N–H and O–H groups in total. The molecule has 0 aliphatic carbocycles. The number of hydrogen-bond acceptors (Lipinski definition) is 2.